The van der Waals surface area contributed by atoms with Crippen molar-refractivity contribution in [2.75, 3.05) is 33.1 Å². The van der Waals surface area contributed by atoms with E-state index in [9.17, 15) is 4.79 Å². The summed E-state index contributed by atoms with van der Waals surface area (Å²) in [6.07, 6.45) is 1.92. The van der Waals surface area contributed by atoms with Crippen molar-refractivity contribution in [1.29, 1.82) is 0 Å². The van der Waals surface area contributed by atoms with Gasteiger partial charge in [0.15, 0.2) is 5.11 Å². The normalized spacial score (nSPS) is 10.1. The van der Waals surface area contributed by atoms with Crippen LogP contribution in [-0.2, 0) is 6.42 Å². The van der Waals surface area contributed by atoms with E-state index in [1.54, 1.807) is 38.2 Å². The molecule has 0 unspecified atom stereocenters. The third kappa shape index (κ3) is 6.04. The van der Waals surface area contributed by atoms with Gasteiger partial charge in [0.25, 0.3) is 5.91 Å². The molecule has 0 aliphatic heterocycles. The van der Waals surface area contributed by atoms with Crippen LogP contribution in [0, 0.1) is 0 Å². The Hall–Kier alpha value is -2.60. The van der Waals surface area contributed by atoms with Gasteiger partial charge in [0.05, 0.1) is 7.11 Å². The fourth-order valence-electron chi connectivity index (χ4n) is 2.45. The molecule has 0 aliphatic rings. The van der Waals surface area contributed by atoms with E-state index in [1.807, 2.05) is 30.3 Å². The zero-order valence-corrected chi connectivity index (χ0v) is 16.2. The molecule has 0 spiro atoms. The van der Waals surface area contributed by atoms with Crippen LogP contribution < -0.4 is 15.4 Å². The number of nitrogens with zero attached hydrogens (tertiary/aromatic N) is 1. The maximum Gasteiger partial charge on any atom is 0.253 e. The molecule has 0 aliphatic carbocycles. The molecule has 0 aromatic heterocycles. The third-order valence-corrected chi connectivity index (χ3v) is 4.10. The molecule has 0 saturated carbocycles. The molecule has 2 rings (SSSR count). The topological polar surface area (TPSA) is 53.6 Å². The molecule has 0 fully saturated rings. The van der Waals surface area contributed by atoms with E-state index in [4.69, 9.17) is 17.0 Å². The first-order valence-electron chi connectivity index (χ1n) is 8.49. The first kappa shape index (κ1) is 19.7. The Bertz CT molecular complexity index is 745. The molecule has 0 atom stereocenters. The van der Waals surface area contributed by atoms with Crippen LogP contribution in [0.25, 0.3) is 0 Å². The van der Waals surface area contributed by atoms with E-state index >= 15 is 0 Å². The molecule has 1 amide bonds. The molecule has 26 heavy (non-hydrogen) atoms. The second-order valence-electron chi connectivity index (χ2n) is 6.11. The van der Waals surface area contributed by atoms with Crippen molar-refractivity contribution in [3.63, 3.8) is 0 Å². The van der Waals surface area contributed by atoms with Crippen LogP contribution in [0.3, 0.4) is 0 Å². The number of benzene rings is 2. The van der Waals surface area contributed by atoms with E-state index < -0.39 is 0 Å². The van der Waals surface area contributed by atoms with Gasteiger partial charge in [-0.05, 0) is 67.0 Å². The first-order chi connectivity index (χ1) is 12.5. The van der Waals surface area contributed by atoms with Gasteiger partial charge in [0, 0.05) is 31.9 Å². The van der Waals surface area contributed by atoms with Crippen molar-refractivity contribution >= 4 is 28.9 Å². The van der Waals surface area contributed by atoms with E-state index in [0.717, 1.165) is 30.8 Å². The lowest BCUT2D eigenvalue weighted by Crippen LogP contribution is -2.29. The van der Waals surface area contributed by atoms with Gasteiger partial charge in [0.1, 0.15) is 5.75 Å². The quantitative estimate of drug-likeness (QED) is 0.578. The number of aryl methyl sites for hydroxylation is 1. The fourth-order valence-corrected chi connectivity index (χ4v) is 2.67. The Morgan fingerprint density at radius 1 is 1.15 bits per heavy atom. The molecule has 0 bridgehead atoms. The molecule has 0 saturated heterocycles. The molecule has 2 aromatic rings. The molecule has 0 heterocycles. The number of methoxy groups -OCH3 is 1. The Morgan fingerprint density at radius 3 is 2.54 bits per heavy atom. The standard InChI is InChI=1S/C20H25N3O2S/c1-23(2)19(24)16-9-11-17(12-10-16)22-20(26)21-13-5-7-15-6-4-8-18(14-15)25-3/h4,6,8-12,14H,5,7,13H2,1-3H3,(H2,21,22,26). The highest BCUT2D eigenvalue weighted by Crippen LogP contribution is 2.14. The lowest BCUT2D eigenvalue weighted by Gasteiger charge is -2.13. The average Bonchev–Trinajstić information content (AvgIpc) is 2.65. The van der Waals surface area contributed by atoms with Crippen LogP contribution in [0.5, 0.6) is 5.75 Å². The zero-order chi connectivity index (χ0) is 18.9. The summed E-state index contributed by atoms with van der Waals surface area (Å²) in [6, 6.07) is 15.4. The lowest BCUT2D eigenvalue weighted by molar-refractivity contribution is 0.0827. The summed E-state index contributed by atoms with van der Waals surface area (Å²) in [4.78, 5) is 13.4. The summed E-state index contributed by atoms with van der Waals surface area (Å²) in [7, 11) is 5.14. The Balaban J connectivity index is 1.74. The number of hydrogen-bond acceptors (Lipinski definition) is 3. The van der Waals surface area contributed by atoms with Crippen molar-refractivity contribution in [3.8, 4) is 5.75 Å². The predicted octanol–water partition coefficient (Wildman–Crippen LogP) is 3.32. The Kier molecular flexibility index (Phi) is 7.41. The monoisotopic (exact) mass is 371 g/mol. The van der Waals surface area contributed by atoms with Crippen LogP contribution in [-0.4, -0.2) is 43.7 Å². The number of nitrogens with one attached hydrogen (secondary N) is 2. The van der Waals surface area contributed by atoms with E-state index in [2.05, 4.69) is 16.7 Å². The third-order valence-electron chi connectivity index (χ3n) is 3.86. The van der Waals surface area contributed by atoms with Gasteiger partial charge < -0.3 is 20.3 Å². The van der Waals surface area contributed by atoms with Gasteiger partial charge in [-0.1, -0.05) is 12.1 Å². The Labute approximate surface area is 160 Å². The molecule has 6 heteroatoms. The highest BCUT2D eigenvalue weighted by atomic mass is 32.1. The smallest absolute Gasteiger partial charge is 0.253 e. The highest BCUT2D eigenvalue weighted by molar-refractivity contribution is 7.80. The van der Waals surface area contributed by atoms with Gasteiger partial charge in [-0.15, -0.1) is 0 Å². The number of carbonyl (C=O) groups excluding carboxylic acids is 1. The van der Waals surface area contributed by atoms with Gasteiger partial charge in [0.2, 0.25) is 0 Å². The maximum atomic E-state index is 11.9. The van der Waals surface area contributed by atoms with Crippen molar-refractivity contribution in [2.24, 2.45) is 0 Å². The van der Waals surface area contributed by atoms with Crippen LogP contribution in [0.2, 0.25) is 0 Å². The minimum absolute atomic E-state index is 0.0187. The summed E-state index contributed by atoms with van der Waals surface area (Å²) >= 11 is 5.31. The van der Waals surface area contributed by atoms with Crippen molar-refractivity contribution in [3.05, 3.63) is 59.7 Å². The van der Waals surface area contributed by atoms with Crippen molar-refractivity contribution in [2.45, 2.75) is 12.8 Å². The Morgan fingerprint density at radius 2 is 1.88 bits per heavy atom. The van der Waals surface area contributed by atoms with Crippen LogP contribution >= 0.6 is 12.2 Å². The number of ether oxygens (including phenoxy) is 1. The van der Waals surface area contributed by atoms with E-state index in [1.165, 1.54) is 5.56 Å². The minimum Gasteiger partial charge on any atom is -0.497 e. The molecular weight excluding hydrogens is 346 g/mol. The summed E-state index contributed by atoms with van der Waals surface area (Å²) in [5.74, 6) is 0.860. The van der Waals surface area contributed by atoms with Crippen molar-refractivity contribution in [1.82, 2.24) is 10.2 Å². The van der Waals surface area contributed by atoms with Crippen molar-refractivity contribution < 1.29 is 9.53 Å². The first-order valence-corrected chi connectivity index (χ1v) is 8.90. The molecule has 138 valence electrons. The number of anilines is 1. The maximum absolute atomic E-state index is 11.9. The van der Waals surface area contributed by atoms with Crippen LogP contribution in [0.1, 0.15) is 22.3 Å². The summed E-state index contributed by atoms with van der Waals surface area (Å²) in [5, 5.41) is 6.90. The van der Waals surface area contributed by atoms with Crippen LogP contribution in [0.4, 0.5) is 5.69 Å². The summed E-state index contributed by atoms with van der Waals surface area (Å²) in [5.41, 5.74) is 2.74. The second kappa shape index (κ2) is 9.77. The number of hydrogen-bond donors (Lipinski definition) is 2. The SMILES string of the molecule is COc1cccc(CCCNC(=S)Nc2ccc(C(=O)N(C)C)cc2)c1. The number of rotatable bonds is 7. The largest absolute Gasteiger partial charge is 0.497 e. The van der Waals surface area contributed by atoms with Gasteiger partial charge in [-0.25, -0.2) is 0 Å². The van der Waals surface area contributed by atoms with Gasteiger partial charge >= 0.3 is 0 Å². The summed E-state index contributed by atoms with van der Waals surface area (Å²) < 4.78 is 5.23. The van der Waals surface area contributed by atoms with Gasteiger partial charge in [-0.2, -0.15) is 0 Å². The number of carbonyl (C=O) groups is 1. The highest BCUT2D eigenvalue weighted by Gasteiger charge is 2.07. The van der Waals surface area contributed by atoms with Gasteiger partial charge in [-0.3, -0.25) is 4.79 Å². The van der Waals surface area contributed by atoms with E-state index in [0.29, 0.717) is 10.7 Å². The molecule has 2 aromatic carbocycles. The van der Waals surface area contributed by atoms with E-state index in [-0.39, 0.29) is 5.91 Å². The average molecular weight is 372 g/mol. The molecule has 2 N–H and O–H groups in total. The number of thiocarbonyl (C=S) groups is 1. The zero-order valence-electron chi connectivity index (χ0n) is 15.4. The second-order valence-corrected chi connectivity index (χ2v) is 6.52. The minimum atomic E-state index is -0.0187. The lowest BCUT2D eigenvalue weighted by atomic mass is 10.1. The fraction of sp³-hybridized carbons (Fsp3) is 0.300. The molecular formula is C20H25N3O2S. The number of amides is 1. The molecule has 0 radical (unpaired) electrons. The summed E-state index contributed by atoms with van der Waals surface area (Å²) in [6.45, 7) is 0.778. The predicted molar refractivity (Wildman–Crippen MR) is 110 cm³/mol. The molecule has 5 nitrogen and oxygen atoms in total. The van der Waals surface area contributed by atoms with Crippen LogP contribution in [0.15, 0.2) is 48.5 Å².